The summed E-state index contributed by atoms with van der Waals surface area (Å²) < 4.78 is 0. The van der Waals surface area contributed by atoms with Crippen molar-refractivity contribution < 1.29 is 4.79 Å². The molecule has 2 heteroatoms. The lowest BCUT2D eigenvalue weighted by Gasteiger charge is -2.47. The fourth-order valence-corrected chi connectivity index (χ4v) is 2.88. The van der Waals surface area contributed by atoms with Crippen molar-refractivity contribution in [1.29, 1.82) is 0 Å². The zero-order chi connectivity index (χ0) is 11.0. The van der Waals surface area contributed by atoms with Gasteiger partial charge in [0.2, 0.25) is 0 Å². The number of rotatable bonds is 2. The maximum Gasteiger partial charge on any atom is 0.123 e. The molecule has 0 bridgehead atoms. The van der Waals surface area contributed by atoms with Gasteiger partial charge in [-0.2, -0.15) is 0 Å². The van der Waals surface area contributed by atoms with Gasteiger partial charge in [0.05, 0.1) is 0 Å². The molecule has 1 saturated heterocycles. The molecule has 0 amide bonds. The van der Waals surface area contributed by atoms with Crippen LogP contribution in [-0.2, 0) is 4.79 Å². The van der Waals surface area contributed by atoms with Gasteiger partial charge in [-0.05, 0) is 46.5 Å². The summed E-state index contributed by atoms with van der Waals surface area (Å²) in [4.78, 5) is 10.8. The number of piperidine rings is 1. The number of carbonyl (C=O) groups excluding carboxylic acids is 1. The lowest BCUT2D eigenvalue weighted by Crippen LogP contribution is -2.58. The van der Waals surface area contributed by atoms with E-state index >= 15 is 0 Å². The van der Waals surface area contributed by atoms with Crippen molar-refractivity contribution in [2.24, 2.45) is 11.8 Å². The summed E-state index contributed by atoms with van der Waals surface area (Å²) in [6.45, 7) is 10.9. The zero-order valence-corrected chi connectivity index (χ0v) is 10.1. The Morgan fingerprint density at radius 1 is 1.21 bits per heavy atom. The minimum absolute atomic E-state index is 0.156. The highest BCUT2D eigenvalue weighted by atomic mass is 16.1. The van der Waals surface area contributed by atoms with Crippen molar-refractivity contribution in [3.63, 3.8) is 0 Å². The van der Waals surface area contributed by atoms with Gasteiger partial charge in [0.1, 0.15) is 6.29 Å². The molecule has 1 atom stereocenters. The molecule has 1 aliphatic heterocycles. The molecule has 1 heterocycles. The van der Waals surface area contributed by atoms with Gasteiger partial charge in [-0.3, -0.25) is 0 Å². The van der Waals surface area contributed by atoms with E-state index in [0.717, 1.165) is 19.1 Å². The fraction of sp³-hybridized carbons (Fsp3) is 0.917. The van der Waals surface area contributed by atoms with Crippen LogP contribution in [0.25, 0.3) is 0 Å². The van der Waals surface area contributed by atoms with Gasteiger partial charge >= 0.3 is 0 Å². The smallest absolute Gasteiger partial charge is 0.123 e. The molecule has 0 radical (unpaired) electrons. The molecule has 0 aromatic rings. The van der Waals surface area contributed by atoms with E-state index < -0.39 is 0 Å². The summed E-state index contributed by atoms with van der Waals surface area (Å²) in [6.07, 6.45) is 3.29. The third-order valence-electron chi connectivity index (χ3n) is 3.18. The van der Waals surface area contributed by atoms with Crippen LogP contribution in [-0.4, -0.2) is 17.4 Å². The lowest BCUT2D eigenvalue weighted by atomic mass is 9.71. The average Bonchev–Trinajstić information content (AvgIpc) is 1.97. The van der Waals surface area contributed by atoms with Gasteiger partial charge in [-0.15, -0.1) is 0 Å². The van der Waals surface area contributed by atoms with Gasteiger partial charge < -0.3 is 10.1 Å². The molecule has 0 saturated carbocycles. The average molecular weight is 197 g/mol. The number of carbonyl (C=O) groups is 1. The van der Waals surface area contributed by atoms with E-state index in [4.69, 9.17) is 0 Å². The fourth-order valence-electron chi connectivity index (χ4n) is 2.88. The van der Waals surface area contributed by atoms with Gasteiger partial charge in [-0.25, -0.2) is 0 Å². The summed E-state index contributed by atoms with van der Waals surface area (Å²) in [7, 11) is 0. The summed E-state index contributed by atoms with van der Waals surface area (Å²) in [5, 5.41) is 3.62. The first-order valence-electron chi connectivity index (χ1n) is 5.50. The van der Waals surface area contributed by atoms with Crippen LogP contribution in [0.3, 0.4) is 0 Å². The molecular weight excluding hydrogens is 174 g/mol. The van der Waals surface area contributed by atoms with Crippen LogP contribution in [0.15, 0.2) is 0 Å². The van der Waals surface area contributed by atoms with Gasteiger partial charge in [-0.1, -0.05) is 6.92 Å². The maximum absolute atomic E-state index is 10.8. The molecule has 82 valence electrons. The van der Waals surface area contributed by atoms with Crippen LogP contribution >= 0.6 is 0 Å². The van der Waals surface area contributed by atoms with Crippen molar-refractivity contribution >= 4 is 6.29 Å². The molecular formula is C12H23NO. The highest BCUT2D eigenvalue weighted by molar-refractivity contribution is 5.53. The van der Waals surface area contributed by atoms with Crippen LogP contribution in [0.5, 0.6) is 0 Å². The molecule has 1 fully saturated rings. The van der Waals surface area contributed by atoms with Crippen molar-refractivity contribution in [2.45, 2.75) is 58.5 Å². The lowest BCUT2D eigenvalue weighted by molar-refractivity contribution is -0.113. The van der Waals surface area contributed by atoms with Crippen molar-refractivity contribution in [1.82, 2.24) is 5.32 Å². The largest absolute Gasteiger partial charge is 0.307 e. The first-order chi connectivity index (χ1) is 6.26. The summed E-state index contributed by atoms with van der Waals surface area (Å²) >= 11 is 0. The van der Waals surface area contributed by atoms with Crippen LogP contribution in [0.2, 0.25) is 0 Å². The SMILES string of the molecule is CC(C=O)C1CC(C)(C)NC(C)(C)C1. The van der Waals surface area contributed by atoms with Crippen LogP contribution in [0.4, 0.5) is 0 Å². The second kappa shape index (κ2) is 3.65. The Hall–Kier alpha value is -0.370. The normalized spacial score (nSPS) is 28.4. The van der Waals surface area contributed by atoms with E-state index in [1.807, 2.05) is 6.92 Å². The van der Waals surface area contributed by atoms with Gasteiger partial charge in [0.15, 0.2) is 0 Å². The van der Waals surface area contributed by atoms with Crippen LogP contribution < -0.4 is 5.32 Å². The van der Waals surface area contributed by atoms with E-state index in [1.165, 1.54) is 0 Å². The second-order valence-corrected chi connectivity index (χ2v) is 6.06. The van der Waals surface area contributed by atoms with Crippen molar-refractivity contribution in [3.8, 4) is 0 Å². The Morgan fingerprint density at radius 3 is 2.00 bits per heavy atom. The van der Waals surface area contributed by atoms with E-state index in [0.29, 0.717) is 5.92 Å². The van der Waals surface area contributed by atoms with E-state index in [2.05, 4.69) is 33.0 Å². The van der Waals surface area contributed by atoms with Crippen molar-refractivity contribution in [3.05, 3.63) is 0 Å². The van der Waals surface area contributed by atoms with Crippen LogP contribution in [0, 0.1) is 11.8 Å². The Morgan fingerprint density at radius 2 is 1.64 bits per heavy atom. The summed E-state index contributed by atoms with van der Waals surface area (Å²) in [6, 6.07) is 0. The second-order valence-electron chi connectivity index (χ2n) is 6.06. The highest BCUT2D eigenvalue weighted by Gasteiger charge is 2.39. The van der Waals surface area contributed by atoms with E-state index in [9.17, 15) is 4.79 Å². The van der Waals surface area contributed by atoms with Gasteiger partial charge in [0, 0.05) is 17.0 Å². The molecule has 1 aliphatic rings. The summed E-state index contributed by atoms with van der Waals surface area (Å²) in [5.41, 5.74) is 0.313. The Labute approximate surface area is 87.5 Å². The Bertz CT molecular complexity index is 204. The highest BCUT2D eigenvalue weighted by Crippen LogP contribution is 2.36. The third kappa shape index (κ3) is 2.81. The number of nitrogens with one attached hydrogen (secondary N) is 1. The molecule has 1 rings (SSSR count). The molecule has 14 heavy (non-hydrogen) atoms. The molecule has 1 unspecified atom stereocenters. The van der Waals surface area contributed by atoms with E-state index in [1.54, 1.807) is 0 Å². The molecule has 1 N–H and O–H groups in total. The predicted molar refractivity (Wildman–Crippen MR) is 59.2 cm³/mol. The zero-order valence-electron chi connectivity index (χ0n) is 10.1. The van der Waals surface area contributed by atoms with Crippen molar-refractivity contribution in [2.75, 3.05) is 0 Å². The quantitative estimate of drug-likeness (QED) is 0.689. The molecule has 0 aromatic carbocycles. The standard InChI is InChI=1S/C12H23NO/c1-9(8-14)10-6-11(2,3)13-12(4,5)7-10/h8-10,13H,6-7H2,1-5H3. The maximum atomic E-state index is 10.8. The Balaban J connectivity index is 2.76. The Kier molecular flexibility index (Phi) is 3.05. The minimum atomic E-state index is 0.156. The predicted octanol–water partition coefficient (Wildman–Crippen LogP) is 2.38. The molecule has 0 spiro atoms. The minimum Gasteiger partial charge on any atom is -0.307 e. The number of aldehydes is 1. The first kappa shape index (κ1) is 11.7. The first-order valence-corrected chi connectivity index (χ1v) is 5.50. The third-order valence-corrected chi connectivity index (χ3v) is 3.18. The monoisotopic (exact) mass is 197 g/mol. The van der Waals surface area contributed by atoms with Crippen LogP contribution in [0.1, 0.15) is 47.5 Å². The molecule has 0 aromatic heterocycles. The topological polar surface area (TPSA) is 29.1 Å². The molecule has 0 aliphatic carbocycles. The summed E-state index contributed by atoms with van der Waals surface area (Å²) in [5.74, 6) is 0.717. The van der Waals surface area contributed by atoms with Gasteiger partial charge in [0.25, 0.3) is 0 Å². The molecule has 2 nitrogen and oxygen atoms in total. The van der Waals surface area contributed by atoms with E-state index in [-0.39, 0.29) is 17.0 Å². The number of hydrogen-bond donors (Lipinski definition) is 1. The number of hydrogen-bond acceptors (Lipinski definition) is 2.